The van der Waals surface area contributed by atoms with Crippen LogP contribution < -0.4 is 5.73 Å². The fourth-order valence-corrected chi connectivity index (χ4v) is 2.26. The zero-order valence-electron chi connectivity index (χ0n) is 10.2. The van der Waals surface area contributed by atoms with Crippen molar-refractivity contribution in [2.45, 2.75) is 25.8 Å². The molecule has 0 spiro atoms. The Morgan fingerprint density at radius 3 is 2.53 bits per heavy atom. The van der Waals surface area contributed by atoms with Crippen molar-refractivity contribution in [2.75, 3.05) is 6.61 Å². The molecule has 0 aliphatic rings. The zero-order valence-corrected chi connectivity index (χ0v) is 10.2. The average Bonchev–Trinajstić information content (AvgIpc) is 2.37. The molecule has 0 saturated carbocycles. The Balaban J connectivity index is 2.44. The van der Waals surface area contributed by atoms with Crippen LogP contribution in [0.15, 0.2) is 36.4 Å². The molecule has 90 valence electrons. The Bertz CT molecular complexity index is 507. The van der Waals surface area contributed by atoms with Gasteiger partial charge in [0.15, 0.2) is 0 Å². The first-order chi connectivity index (χ1) is 8.24. The second-order valence-corrected chi connectivity index (χ2v) is 4.49. The molecule has 0 fully saturated rings. The van der Waals surface area contributed by atoms with Gasteiger partial charge in [-0.25, -0.2) is 0 Å². The van der Waals surface area contributed by atoms with Gasteiger partial charge in [-0.3, -0.25) is 0 Å². The molecule has 0 unspecified atom stereocenters. The van der Waals surface area contributed by atoms with Crippen molar-refractivity contribution in [3.05, 3.63) is 47.5 Å². The molecule has 0 saturated heterocycles. The van der Waals surface area contributed by atoms with Crippen LogP contribution in [-0.4, -0.2) is 11.7 Å². The van der Waals surface area contributed by atoms with E-state index in [1.54, 1.807) is 0 Å². The van der Waals surface area contributed by atoms with E-state index < -0.39 is 0 Å². The number of hydrogen-bond donors (Lipinski definition) is 2. The van der Waals surface area contributed by atoms with Gasteiger partial charge in [-0.1, -0.05) is 36.4 Å². The van der Waals surface area contributed by atoms with Crippen molar-refractivity contribution in [3.63, 3.8) is 0 Å². The smallest absolute Gasteiger partial charge is 0.0431 e. The lowest BCUT2D eigenvalue weighted by Crippen LogP contribution is -2.11. The summed E-state index contributed by atoms with van der Waals surface area (Å²) in [5, 5.41) is 11.4. The monoisotopic (exact) mass is 229 g/mol. The number of hydrogen-bond acceptors (Lipinski definition) is 2. The third-order valence-electron chi connectivity index (χ3n) is 3.25. The summed E-state index contributed by atoms with van der Waals surface area (Å²) in [6, 6.07) is 12.6. The average molecular weight is 229 g/mol. The first-order valence-corrected chi connectivity index (χ1v) is 6.08. The second-order valence-electron chi connectivity index (χ2n) is 4.49. The maximum absolute atomic E-state index is 8.86. The molecule has 2 heteroatoms. The summed E-state index contributed by atoms with van der Waals surface area (Å²) in [6.45, 7) is 2.32. The molecule has 2 rings (SSSR count). The lowest BCUT2D eigenvalue weighted by molar-refractivity contribution is 0.280. The first kappa shape index (κ1) is 12.1. The molecule has 2 aromatic carbocycles. The van der Waals surface area contributed by atoms with Crippen LogP contribution in [0.25, 0.3) is 10.8 Å². The van der Waals surface area contributed by atoms with Crippen LogP contribution in [0.2, 0.25) is 0 Å². The van der Waals surface area contributed by atoms with E-state index in [0.29, 0.717) is 0 Å². The molecule has 3 N–H and O–H groups in total. The number of aryl methyl sites for hydroxylation is 1. The van der Waals surface area contributed by atoms with Gasteiger partial charge >= 0.3 is 0 Å². The Morgan fingerprint density at radius 2 is 1.82 bits per heavy atom. The molecule has 2 nitrogen and oxygen atoms in total. The van der Waals surface area contributed by atoms with E-state index in [0.717, 1.165) is 12.8 Å². The van der Waals surface area contributed by atoms with Crippen molar-refractivity contribution < 1.29 is 5.11 Å². The van der Waals surface area contributed by atoms with Crippen LogP contribution >= 0.6 is 0 Å². The molecule has 1 atom stereocenters. The van der Waals surface area contributed by atoms with Crippen molar-refractivity contribution in [1.82, 2.24) is 0 Å². The minimum atomic E-state index is 0.00708. The van der Waals surface area contributed by atoms with Gasteiger partial charge in [-0.05, 0) is 41.7 Å². The van der Waals surface area contributed by atoms with E-state index in [1.807, 2.05) is 6.07 Å². The van der Waals surface area contributed by atoms with Gasteiger partial charge in [0, 0.05) is 12.6 Å². The van der Waals surface area contributed by atoms with Crippen molar-refractivity contribution in [3.8, 4) is 0 Å². The van der Waals surface area contributed by atoms with E-state index >= 15 is 0 Å². The number of aliphatic hydroxyl groups excluding tert-OH is 1. The zero-order chi connectivity index (χ0) is 12.3. The standard InChI is InChI=1S/C15H19NO/c1-11-8-9-14(15(16)7-4-10-17)13-6-3-2-5-12(11)13/h2-3,5-6,8-9,15,17H,4,7,10,16H2,1H3/t15-/m1/s1. The molecule has 0 radical (unpaired) electrons. The van der Waals surface area contributed by atoms with E-state index in [2.05, 4.69) is 37.3 Å². The molecule has 0 amide bonds. The SMILES string of the molecule is Cc1ccc([C@H](N)CCCO)c2ccccc12. The van der Waals surface area contributed by atoms with Gasteiger partial charge < -0.3 is 10.8 Å². The fourth-order valence-electron chi connectivity index (χ4n) is 2.26. The van der Waals surface area contributed by atoms with Gasteiger partial charge in [0.25, 0.3) is 0 Å². The highest BCUT2D eigenvalue weighted by molar-refractivity contribution is 5.88. The Labute approximate surface area is 102 Å². The van der Waals surface area contributed by atoms with Crippen molar-refractivity contribution in [2.24, 2.45) is 5.73 Å². The minimum absolute atomic E-state index is 0.00708. The van der Waals surface area contributed by atoms with Gasteiger partial charge in [0.05, 0.1) is 0 Å². The lowest BCUT2D eigenvalue weighted by atomic mass is 9.94. The topological polar surface area (TPSA) is 46.2 Å². The molecular formula is C15H19NO. The van der Waals surface area contributed by atoms with E-state index in [9.17, 15) is 0 Å². The summed E-state index contributed by atoms with van der Waals surface area (Å²) >= 11 is 0. The highest BCUT2D eigenvalue weighted by atomic mass is 16.2. The maximum Gasteiger partial charge on any atom is 0.0431 e. The van der Waals surface area contributed by atoms with Gasteiger partial charge in [0.1, 0.15) is 0 Å². The Morgan fingerprint density at radius 1 is 1.12 bits per heavy atom. The predicted molar refractivity (Wildman–Crippen MR) is 71.9 cm³/mol. The minimum Gasteiger partial charge on any atom is -0.396 e. The molecule has 0 heterocycles. The molecule has 0 aliphatic heterocycles. The Hall–Kier alpha value is -1.38. The fraction of sp³-hybridized carbons (Fsp3) is 0.333. The molecule has 2 aromatic rings. The van der Waals surface area contributed by atoms with Gasteiger partial charge in [0.2, 0.25) is 0 Å². The summed E-state index contributed by atoms with van der Waals surface area (Å²) in [7, 11) is 0. The molecule has 0 bridgehead atoms. The van der Waals surface area contributed by atoms with E-state index in [4.69, 9.17) is 10.8 Å². The number of fused-ring (bicyclic) bond motifs is 1. The lowest BCUT2D eigenvalue weighted by Gasteiger charge is -2.15. The van der Waals surface area contributed by atoms with Crippen LogP contribution in [0.1, 0.15) is 30.0 Å². The quantitative estimate of drug-likeness (QED) is 0.846. The maximum atomic E-state index is 8.86. The largest absolute Gasteiger partial charge is 0.396 e. The summed E-state index contributed by atoms with van der Waals surface area (Å²) < 4.78 is 0. The summed E-state index contributed by atoms with van der Waals surface area (Å²) in [6.07, 6.45) is 1.58. The predicted octanol–water partition coefficient (Wildman–Crippen LogP) is 2.92. The van der Waals surface area contributed by atoms with Gasteiger partial charge in [-0.15, -0.1) is 0 Å². The van der Waals surface area contributed by atoms with E-state index in [-0.39, 0.29) is 12.6 Å². The second kappa shape index (κ2) is 5.30. The number of aliphatic hydroxyl groups is 1. The van der Waals surface area contributed by atoms with Crippen LogP contribution in [0, 0.1) is 6.92 Å². The molecular weight excluding hydrogens is 210 g/mol. The van der Waals surface area contributed by atoms with Crippen LogP contribution in [-0.2, 0) is 0 Å². The molecule has 0 aliphatic carbocycles. The van der Waals surface area contributed by atoms with Gasteiger partial charge in [-0.2, -0.15) is 0 Å². The van der Waals surface area contributed by atoms with Crippen LogP contribution in [0.3, 0.4) is 0 Å². The van der Waals surface area contributed by atoms with E-state index in [1.165, 1.54) is 21.9 Å². The van der Waals surface area contributed by atoms with Crippen LogP contribution in [0.5, 0.6) is 0 Å². The number of nitrogens with two attached hydrogens (primary N) is 1. The number of rotatable bonds is 4. The highest BCUT2D eigenvalue weighted by Gasteiger charge is 2.10. The third-order valence-corrected chi connectivity index (χ3v) is 3.25. The first-order valence-electron chi connectivity index (χ1n) is 6.08. The highest BCUT2D eigenvalue weighted by Crippen LogP contribution is 2.27. The number of benzene rings is 2. The normalized spacial score (nSPS) is 12.9. The summed E-state index contributed by atoms with van der Waals surface area (Å²) in [5.41, 5.74) is 8.64. The summed E-state index contributed by atoms with van der Waals surface area (Å²) in [4.78, 5) is 0. The summed E-state index contributed by atoms with van der Waals surface area (Å²) in [5.74, 6) is 0. The van der Waals surface area contributed by atoms with Crippen molar-refractivity contribution >= 4 is 10.8 Å². The third kappa shape index (κ3) is 2.48. The Kier molecular flexibility index (Phi) is 3.77. The molecule has 17 heavy (non-hydrogen) atoms. The van der Waals surface area contributed by atoms with Crippen LogP contribution in [0.4, 0.5) is 0 Å². The molecule has 0 aromatic heterocycles. The van der Waals surface area contributed by atoms with Crippen molar-refractivity contribution in [1.29, 1.82) is 0 Å².